The van der Waals surface area contributed by atoms with Gasteiger partial charge in [-0.1, -0.05) is 13.8 Å². The van der Waals surface area contributed by atoms with Gasteiger partial charge in [-0.3, -0.25) is 0 Å². The minimum atomic E-state index is -4.22. The molecule has 0 rings (SSSR count). The number of carbonyl (C=O) groups excluding carboxylic acids is 2. The Morgan fingerprint density at radius 3 is 0.506 bits per heavy atom. The van der Waals surface area contributed by atoms with Gasteiger partial charge in [0, 0.05) is 0 Å². The molecule has 0 aliphatic heterocycles. The smallest absolute Gasteiger partial charge is 0.0654 e. The van der Waals surface area contributed by atoms with Crippen LogP contribution in [0.15, 0.2) is 0 Å². The standard InChI is InChI=1S/2C12H24O2.4C12H25.O.2Sn/c2*1-2-3-4-5-6-7-8-9-10-11-12(13)14;4*1-3-5-7-9-11-12-10-8-6-4-2;;;/h2*2-11H2,1H3,(H,13,14);4*1,3-12H2,2H3;;;/q;;;;;;;2*+1/p-2. The van der Waals surface area contributed by atoms with Crippen molar-refractivity contribution in [3.8, 4) is 0 Å². The SMILES string of the molecule is CCCCCCCCCCC[CH2][Sn]([CH2]CCCCCCCCCCC)([O]C(=O)CCCCCCCCCCC)[O][Sn]([CH2]CCCCCCCCCCC)([CH2]CCCCCCCCCCC)[O]C(=O)CCCCCCCCCCC. The van der Waals surface area contributed by atoms with Gasteiger partial charge in [-0.25, -0.2) is 0 Å². The van der Waals surface area contributed by atoms with Crippen LogP contribution in [0.5, 0.6) is 0 Å². The van der Waals surface area contributed by atoms with Crippen molar-refractivity contribution in [3.05, 3.63) is 0 Å². The molecule has 0 amide bonds. The summed E-state index contributed by atoms with van der Waals surface area (Å²) in [5.41, 5.74) is 0. The summed E-state index contributed by atoms with van der Waals surface area (Å²) >= 11 is -8.43. The van der Waals surface area contributed by atoms with Crippen molar-refractivity contribution in [1.29, 1.82) is 0 Å². The third-order valence-electron chi connectivity index (χ3n) is 17.6. The average Bonchev–Trinajstić information content (AvgIpc) is 3.44. The Bertz CT molecular complexity index is 1070. The first kappa shape index (κ1) is 79.5. The first-order chi connectivity index (χ1) is 38.9. The molecular formula is C72H146O5Sn2. The van der Waals surface area contributed by atoms with Crippen LogP contribution < -0.4 is 0 Å². The summed E-state index contributed by atoms with van der Waals surface area (Å²) in [7, 11) is 0. The first-order valence-corrected chi connectivity index (χ1v) is 49.7. The Morgan fingerprint density at radius 2 is 0.342 bits per heavy atom. The zero-order valence-electron chi connectivity index (χ0n) is 55.3. The van der Waals surface area contributed by atoms with E-state index in [-0.39, 0.29) is 11.9 Å². The molecule has 0 aliphatic carbocycles. The van der Waals surface area contributed by atoms with Crippen molar-refractivity contribution >= 4 is 50.3 Å². The van der Waals surface area contributed by atoms with E-state index in [4.69, 9.17) is 7.56 Å². The van der Waals surface area contributed by atoms with Crippen molar-refractivity contribution in [2.24, 2.45) is 0 Å². The van der Waals surface area contributed by atoms with E-state index in [0.717, 1.165) is 69.1 Å². The topological polar surface area (TPSA) is 61.8 Å². The van der Waals surface area contributed by atoms with E-state index in [1.54, 1.807) is 0 Å². The fourth-order valence-electron chi connectivity index (χ4n) is 12.2. The van der Waals surface area contributed by atoms with Crippen molar-refractivity contribution in [2.75, 3.05) is 0 Å². The maximum atomic E-state index is 14.6. The predicted molar refractivity (Wildman–Crippen MR) is 355 cm³/mol. The van der Waals surface area contributed by atoms with E-state index in [1.165, 1.54) is 321 Å². The molecule has 0 saturated heterocycles. The molecule has 0 heterocycles. The summed E-state index contributed by atoms with van der Waals surface area (Å²) in [6.07, 6.45) is 75.4. The second-order valence-corrected chi connectivity index (χ2v) is 47.5. The molecule has 0 aromatic rings. The van der Waals surface area contributed by atoms with Gasteiger partial charge in [0.05, 0.1) is 0 Å². The van der Waals surface area contributed by atoms with Gasteiger partial charge in [0.25, 0.3) is 0 Å². The summed E-state index contributed by atoms with van der Waals surface area (Å²) in [6, 6.07) is 0. The van der Waals surface area contributed by atoms with Crippen LogP contribution in [0.4, 0.5) is 0 Å². The molecule has 0 atom stereocenters. The second-order valence-electron chi connectivity index (χ2n) is 25.8. The van der Waals surface area contributed by atoms with Gasteiger partial charge in [-0.2, -0.15) is 0 Å². The quantitative estimate of drug-likeness (QED) is 0.0449. The van der Waals surface area contributed by atoms with E-state index < -0.39 is 38.4 Å². The molecule has 0 saturated carbocycles. The zero-order chi connectivity index (χ0) is 57.5. The Morgan fingerprint density at radius 1 is 0.203 bits per heavy atom. The molecule has 0 N–H and O–H groups in total. The van der Waals surface area contributed by atoms with Crippen molar-refractivity contribution in [3.63, 3.8) is 0 Å². The zero-order valence-corrected chi connectivity index (χ0v) is 61.0. The molecule has 0 aromatic heterocycles. The number of hydrogen-bond acceptors (Lipinski definition) is 5. The molecule has 0 bridgehead atoms. The summed E-state index contributed by atoms with van der Waals surface area (Å²) < 4.78 is 26.6. The van der Waals surface area contributed by atoms with E-state index in [0.29, 0.717) is 12.8 Å². The van der Waals surface area contributed by atoms with Gasteiger partial charge in [0.15, 0.2) is 0 Å². The molecule has 0 radical (unpaired) electrons. The second kappa shape index (κ2) is 64.5. The molecular weight excluding hydrogens is 1180 g/mol. The number of rotatable bonds is 68. The molecule has 472 valence electrons. The summed E-state index contributed by atoms with van der Waals surface area (Å²) in [4.78, 5) is 29.2. The minimum absolute atomic E-state index is 0.0250. The minimum Gasteiger partial charge on any atom is -0.0654 e. The molecule has 5 nitrogen and oxygen atoms in total. The van der Waals surface area contributed by atoms with Crippen LogP contribution in [0.3, 0.4) is 0 Å². The van der Waals surface area contributed by atoms with Crippen LogP contribution in [0.25, 0.3) is 0 Å². The van der Waals surface area contributed by atoms with Gasteiger partial charge in [0.1, 0.15) is 0 Å². The van der Waals surface area contributed by atoms with Crippen molar-refractivity contribution < 1.29 is 17.1 Å². The van der Waals surface area contributed by atoms with E-state index >= 15 is 0 Å². The van der Waals surface area contributed by atoms with Crippen LogP contribution in [0.2, 0.25) is 17.7 Å². The Balaban J connectivity index is 6.92. The Labute approximate surface area is 508 Å². The molecule has 0 aromatic carbocycles. The monoisotopic (exact) mass is 1330 g/mol. The maximum absolute atomic E-state index is 14.6. The Hall–Kier alpha value is 0.497. The van der Waals surface area contributed by atoms with Gasteiger partial charge in [-0.15, -0.1) is 0 Å². The van der Waals surface area contributed by atoms with Crippen LogP contribution in [-0.4, -0.2) is 50.3 Å². The van der Waals surface area contributed by atoms with E-state index in [2.05, 4.69) is 41.5 Å². The third kappa shape index (κ3) is 56.1. The molecule has 0 fully saturated rings. The first-order valence-electron chi connectivity index (χ1n) is 37.0. The number of carbonyl (C=O) groups is 2. The van der Waals surface area contributed by atoms with Crippen molar-refractivity contribution in [1.82, 2.24) is 0 Å². The fourth-order valence-corrected chi connectivity index (χ4v) is 52.5. The number of unbranched alkanes of at least 4 members (excludes halogenated alkanes) is 52. The third-order valence-corrected chi connectivity index (χ3v) is 50.1. The summed E-state index contributed by atoms with van der Waals surface area (Å²) in [5.74, 6) is 0.0500. The Kier molecular flexibility index (Phi) is 64.9. The van der Waals surface area contributed by atoms with Crippen LogP contribution in [0, 0.1) is 0 Å². The van der Waals surface area contributed by atoms with Gasteiger partial charge in [-0.05, 0) is 0 Å². The van der Waals surface area contributed by atoms with Crippen LogP contribution >= 0.6 is 0 Å². The van der Waals surface area contributed by atoms with Crippen molar-refractivity contribution in [2.45, 2.75) is 445 Å². The van der Waals surface area contributed by atoms with Crippen LogP contribution in [-0.2, 0) is 17.1 Å². The van der Waals surface area contributed by atoms with Gasteiger partial charge < -0.3 is 0 Å². The van der Waals surface area contributed by atoms with E-state index in [9.17, 15) is 9.59 Å². The van der Waals surface area contributed by atoms with Crippen LogP contribution in [0.1, 0.15) is 427 Å². The fraction of sp³-hybridized carbons (Fsp3) is 0.972. The molecule has 79 heavy (non-hydrogen) atoms. The predicted octanol–water partition coefficient (Wildman–Crippen LogP) is 26.5. The average molecular weight is 1330 g/mol. The normalized spacial score (nSPS) is 12.0. The molecule has 0 aliphatic rings. The van der Waals surface area contributed by atoms with Gasteiger partial charge >= 0.3 is 498 Å². The summed E-state index contributed by atoms with van der Waals surface area (Å²) in [6.45, 7) is 13.8. The summed E-state index contributed by atoms with van der Waals surface area (Å²) in [5, 5.41) is 0. The molecule has 7 heteroatoms. The van der Waals surface area contributed by atoms with Gasteiger partial charge in [0.2, 0.25) is 0 Å². The molecule has 0 unspecified atom stereocenters. The number of hydrogen-bond donors (Lipinski definition) is 0. The molecule has 0 spiro atoms. The van der Waals surface area contributed by atoms with E-state index in [1.807, 2.05) is 0 Å².